The van der Waals surface area contributed by atoms with Crippen molar-refractivity contribution in [2.75, 3.05) is 17.6 Å². The smallest absolute Gasteiger partial charge is 0.0945 e. The van der Waals surface area contributed by atoms with Crippen LogP contribution in [0.25, 0.3) is 0 Å². The largest absolute Gasteiger partial charge is 0.397 e. The lowest BCUT2D eigenvalue weighted by molar-refractivity contribution is 0.661. The van der Waals surface area contributed by atoms with Crippen molar-refractivity contribution in [3.63, 3.8) is 0 Å². The third-order valence-corrected chi connectivity index (χ3v) is 2.72. The molecule has 5 heteroatoms. The molecule has 0 saturated carbocycles. The first-order chi connectivity index (χ1) is 8.25. The molecule has 2 rings (SSSR count). The molecular weight excluding hydrogens is 236 g/mol. The number of rotatable bonds is 5. The molecule has 0 radical (unpaired) electrons. The van der Waals surface area contributed by atoms with E-state index >= 15 is 0 Å². The monoisotopic (exact) mass is 250 g/mol. The topological polar surface area (TPSA) is 55.9 Å². The van der Waals surface area contributed by atoms with Crippen molar-refractivity contribution >= 4 is 23.0 Å². The second-order valence-corrected chi connectivity index (χ2v) is 4.25. The molecule has 1 heterocycles. The lowest BCUT2D eigenvalue weighted by Gasteiger charge is -2.09. The maximum absolute atomic E-state index is 5.90. The minimum Gasteiger partial charge on any atom is -0.397 e. The summed E-state index contributed by atoms with van der Waals surface area (Å²) in [5, 5.41) is 3.96. The number of nitrogens with two attached hydrogens (primary N) is 1. The Bertz CT molecular complexity index is 467. The van der Waals surface area contributed by atoms with Crippen LogP contribution in [0.3, 0.4) is 0 Å². The van der Waals surface area contributed by atoms with Gasteiger partial charge in [0.05, 0.1) is 17.7 Å². The van der Waals surface area contributed by atoms with Crippen LogP contribution in [0.2, 0.25) is 5.02 Å². The molecule has 0 bridgehead atoms. The quantitative estimate of drug-likeness (QED) is 0.634. The second-order valence-electron chi connectivity index (χ2n) is 3.81. The molecule has 0 saturated heterocycles. The summed E-state index contributed by atoms with van der Waals surface area (Å²) >= 11 is 5.90. The van der Waals surface area contributed by atoms with Gasteiger partial charge in [0, 0.05) is 30.5 Å². The zero-order chi connectivity index (χ0) is 12.1. The van der Waals surface area contributed by atoms with E-state index in [2.05, 4.69) is 10.3 Å². The lowest BCUT2D eigenvalue weighted by Crippen LogP contribution is -2.07. The molecule has 17 heavy (non-hydrogen) atoms. The number of benzene rings is 1. The van der Waals surface area contributed by atoms with E-state index in [0.29, 0.717) is 5.02 Å². The molecule has 0 aliphatic heterocycles. The molecule has 1 aromatic carbocycles. The van der Waals surface area contributed by atoms with Gasteiger partial charge in [-0.2, -0.15) is 0 Å². The van der Waals surface area contributed by atoms with Crippen molar-refractivity contribution in [3.05, 3.63) is 41.9 Å². The first-order valence-electron chi connectivity index (χ1n) is 5.50. The molecule has 0 spiro atoms. The highest BCUT2D eigenvalue weighted by atomic mass is 35.5. The number of hydrogen-bond acceptors (Lipinski definition) is 3. The van der Waals surface area contributed by atoms with Crippen molar-refractivity contribution in [3.8, 4) is 0 Å². The Balaban J connectivity index is 1.80. The van der Waals surface area contributed by atoms with E-state index in [1.165, 1.54) is 0 Å². The van der Waals surface area contributed by atoms with Crippen molar-refractivity contribution in [2.24, 2.45) is 0 Å². The van der Waals surface area contributed by atoms with Crippen LogP contribution in [0.5, 0.6) is 0 Å². The molecule has 0 unspecified atom stereocenters. The maximum atomic E-state index is 5.90. The highest BCUT2D eigenvalue weighted by Crippen LogP contribution is 2.22. The minimum atomic E-state index is 0.691. The predicted molar refractivity (Wildman–Crippen MR) is 71.2 cm³/mol. The summed E-state index contributed by atoms with van der Waals surface area (Å²) in [6, 6.07) is 5.43. The molecule has 0 atom stereocenters. The van der Waals surface area contributed by atoms with E-state index < -0.39 is 0 Å². The summed E-state index contributed by atoms with van der Waals surface area (Å²) in [4.78, 5) is 3.99. The highest BCUT2D eigenvalue weighted by Gasteiger charge is 1.99. The fourth-order valence-corrected chi connectivity index (χ4v) is 1.76. The number of halogens is 1. The lowest BCUT2D eigenvalue weighted by atomic mass is 10.2. The van der Waals surface area contributed by atoms with Gasteiger partial charge in [-0.25, -0.2) is 4.98 Å². The maximum Gasteiger partial charge on any atom is 0.0945 e. The Morgan fingerprint density at radius 1 is 1.41 bits per heavy atom. The third kappa shape index (κ3) is 3.39. The first-order valence-corrected chi connectivity index (χ1v) is 5.88. The SMILES string of the molecule is Nc1ccc(Cl)cc1NCCCn1ccnc1. The number of nitrogens with zero attached hydrogens (tertiary/aromatic N) is 2. The van der Waals surface area contributed by atoms with E-state index in [4.69, 9.17) is 17.3 Å². The number of nitrogen functional groups attached to an aromatic ring is 1. The van der Waals surface area contributed by atoms with Gasteiger partial charge >= 0.3 is 0 Å². The van der Waals surface area contributed by atoms with Gasteiger partial charge in [0.25, 0.3) is 0 Å². The number of anilines is 2. The van der Waals surface area contributed by atoms with E-state index in [1.54, 1.807) is 18.3 Å². The van der Waals surface area contributed by atoms with Crippen molar-refractivity contribution in [1.82, 2.24) is 9.55 Å². The average molecular weight is 251 g/mol. The second kappa shape index (κ2) is 5.59. The van der Waals surface area contributed by atoms with E-state index in [9.17, 15) is 0 Å². The number of aromatic nitrogens is 2. The highest BCUT2D eigenvalue weighted by molar-refractivity contribution is 6.31. The number of nitrogens with one attached hydrogen (secondary N) is 1. The number of imidazole rings is 1. The van der Waals surface area contributed by atoms with Crippen LogP contribution in [0.15, 0.2) is 36.9 Å². The van der Waals surface area contributed by atoms with Crippen LogP contribution in [-0.4, -0.2) is 16.1 Å². The molecule has 4 nitrogen and oxygen atoms in total. The average Bonchev–Trinajstić information content (AvgIpc) is 2.82. The molecule has 2 aromatic rings. The zero-order valence-corrected chi connectivity index (χ0v) is 10.2. The molecular formula is C12H15ClN4. The number of aryl methyl sites for hydroxylation is 1. The summed E-state index contributed by atoms with van der Waals surface area (Å²) in [6.45, 7) is 1.79. The van der Waals surface area contributed by atoms with Gasteiger partial charge < -0.3 is 15.6 Å². The molecule has 0 fully saturated rings. The standard InChI is InChI=1S/C12H15ClN4/c13-10-2-3-11(14)12(8-10)16-4-1-6-17-7-5-15-9-17/h2-3,5,7-9,16H,1,4,6,14H2. The van der Waals surface area contributed by atoms with Gasteiger partial charge in [-0.15, -0.1) is 0 Å². The molecule has 3 N–H and O–H groups in total. The van der Waals surface area contributed by atoms with Crippen LogP contribution in [0.1, 0.15) is 6.42 Å². The van der Waals surface area contributed by atoms with Crippen LogP contribution < -0.4 is 11.1 Å². The summed E-state index contributed by atoms with van der Waals surface area (Å²) < 4.78 is 2.04. The Hall–Kier alpha value is -1.68. The van der Waals surface area contributed by atoms with Crippen molar-refractivity contribution in [1.29, 1.82) is 0 Å². The molecule has 90 valence electrons. The van der Waals surface area contributed by atoms with Gasteiger partial charge in [0.1, 0.15) is 0 Å². The van der Waals surface area contributed by atoms with E-state index in [1.807, 2.05) is 23.2 Å². The summed E-state index contributed by atoms with van der Waals surface area (Å²) in [6.07, 6.45) is 6.55. The molecule has 1 aromatic heterocycles. The molecule has 0 aliphatic carbocycles. The predicted octanol–water partition coefficient (Wildman–Crippen LogP) is 2.62. The van der Waals surface area contributed by atoms with Crippen LogP contribution in [-0.2, 0) is 6.54 Å². The fourth-order valence-electron chi connectivity index (χ4n) is 1.59. The number of hydrogen-bond donors (Lipinski definition) is 2. The Kier molecular flexibility index (Phi) is 3.88. The van der Waals surface area contributed by atoms with Crippen LogP contribution in [0, 0.1) is 0 Å². The Morgan fingerprint density at radius 3 is 3.06 bits per heavy atom. The molecule has 0 amide bonds. The van der Waals surface area contributed by atoms with Gasteiger partial charge in [0.2, 0.25) is 0 Å². The Morgan fingerprint density at radius 2 is 2.29 bits per heavy atom. The van der Waals surface area contributed by atoms with Crippen molar-refractivity contribution < 1.29 is 0 Å². The van der Waals surface area contributed by atoms with Crippen LogP contribution in [0.4, 0.5) is 11.4 Å². The minimum absolute atomic E-state index is 0.691. The van der Waals surface area contributed by atoms with Gasteiger partial charge in [-0.3, -0.25) is 0 Å². The molecule has 0 aliphatic rings. The summed E-state index contributed by atoms with van der Waals surface area (Å²) in [7, 11) is 0. The summed E-state index contributed by atoms with van der Waals surface area (Å²) in [5.74, 6) is 0. The fraction of sp³-hybridized carbons (Fsp3) is 0.250. The van der Waals surface area contributed by atoms with E-state index in [-0.39, 0.29) is 0 Å². The third-order valence-electron chi connectivity index (χ3n) is 2.48. The van der Waals surface area contributed by atoms with Gasteiger partial charge in [-0.1, -0.05) is 11.6 Å². The zero-order valence-electron chi connectivity index (χ0n) is 9.44. The summed E-state index contributed by atoms with van der Waals surface area (Å²) in [5.41, 5.74) is 7.44. The first kappa shape index (κ1) is 11.8. The van der Waals surface area contributed by atoms with Gasteiger partial charge in [0.15, 0.2) is 0 Å². The normalized spacial score (nSPS) is 10.4. The Labute approximate surface area is 105 Å². The van der Waals surface area contributed by atoms with E-state index in [0.717, 1.165) is 30.9 Å². The van der Waals surface area contributed by atoms with Gasteiger partial charge in [-0.05, 0) is 24.6 Å². The van der Waals surface area contributed by atoms with Crippen molar-refractivity contribution in [2.45, 2.75) is 13.0 Å². The van der Waals surface area contributed by atoms with Crippen LogP contribution >= 0.6 is 11.6 Å².